The Hall–Kier alpha value is -13.1. The number of aliphatic hydroxyl groups excluding tert-OH is 3. The molecular weight excluding hydrogens is 1900 g/mol. The maximum Gasteiger partial charge on any atom is 0.505 e. The average molecular weight is 1990 g/mol. The summed E-state index contributed by atoms with van der Waals surface area (Å²) in [5, 5.41) is 103. The van der Waals surface area contributed by atoms with E-state index >= 15 is 0 Å². The molecule has 0 aliphatic carbocycles. The predicted octanol–water partition coefficient (Wildman–Crippen LogP) is 17.0. The van der Waals surface area contributed by atoms with E-state index in [9.17, 15) is 184 Å². The number of nitro groups is 5. The Bertz CT molecular complexity index is 5220. The average Bonchev–Trinajstić information content (AvgIpc) is 0.727. The Morgan fingerprint density at radius 3 is 1.08 bits per heavy atom. The summed E-state index contributed by atoms with van der Waals surface area (Å²) in [5.74, 6) is -9.37. The minimum Gasteiger partial charge on any atom is -0.480 e. The van der Waals surface area contributed by atoms with Gasteiger partial charge in [-0.1, -0.05) is 97.8 Å². The van der Waals surface area contributed by atoms with E-state index in [1.165, 1.54) is 7.11 Å². The topological polar surface area (TPSA) is 635 Å². The van der Waals surface area contributed by atoms with Crippen molar-refractivity contribution in [3.8, 4) is 0 Å². The Kier molecular flexibility index (Phi) is 53.0. The Labute approximate surface area is 743 Å². The highest BCUT2D eigenvalue weighted by molar-refractivity contribution is 7.58. The van der Waals surface area contributed by atoms with Crippen LogP contribution in [0.4, 0.5) is 104 Å². The number of amides is 2. The molecule has 5 unspecified atom stereocenters. The predicted molar refractivity (Wildman–Crippen MR) is 437 cm³/mol. The van der Waals surface area contributed by atoms with Crippen LogP contribution in [0, 0.1) is 50.6 Å². The van der Waals surface area contributed by atoms with Crippen LogP contribution in [-0.4, -0.2) is 158 Å². The number of aliphatic hydroxyl groups is 3. The first-order chi connectivity index (χ1) is 59.0. The first kappa shape index (κ1) is 126. The summed E-state index contributed by atoms with van der Waals surface area (Å²) in [5.41, 5.74) is -9.22. The van der Waals surface area contributed by atoms with E-state index in [1.807, 2.05) is 18.2 Å². The Balaban J connectivity index is -0.000000768. The van der Waals surface area contributed by atoms with Gasteiger partial charge in [0.15, 0.2) is 17.9 Å². The Morgan fingerprint density at radius 1 is 0.466 bits per heavy atom. The summed E-state index contributed by atoms with van der Waals surface area (Å²) in [6.45, 7) is -0.671. The highest BCUT2D eigenvalue weighted by Crippen LogP contribution is 2.57. The lowest BCUT2D eigenvalue weighted by atomic mass is 10.1. The number of aldehydes is 1. The maximum atomic E-state index is 13.2. The van der Waals surface area contributed by atoms with Crippen molar-refractivity contribution in [2.75, 3.05) is 32.7 Å². The van der Waals surface area contributed by atoms with Crippen LogP contribution in [0.15, 0.2) is 152 Å². The van der Waals surface area contributed by atoms with Crippen LogP contribution in [0.1, 0.15) is 144 Å². The molecule has 8 atom stereocenters. The van der Waals surface area contributed by atoms with Gasteiger partial charge in [-0.2, -0.15) is 70.7 Å². The summed E-state index contributed by atoms with van der Waals surface area (Å²) in [7, 11) is -9.46. The molecule has 738 valence electrons. The third-order valence-corrected chi connectivity index (χ3v) is 20.5. The number of esters is 2. The monoisotopic (exact) mass is 1990 g/mol. The molecule has 0 saturated heterocycles. The van der Waals surface area contributed by atoms with Crippen LogP contribution in [-0.2, 0) is 97.7 Å². The molecule has 0 saturated carbocycles. The molecule has 133 heavy (non-hydrogen) atoms. The number of aromatic carboxylic acids is 1. The van der Waals surface area contributed by atoms with Gasteiger partial charge in [0, 0.05) is 54.6 Å². The quantitative estimate of drug-likeness (QED) is 0.00379. The number of alkyl halides is 15. The van der Waals surface area contributed by atoms with E-state index in [0.717, 1.165) is 49.1 Å². The van der Waals surface area contributed by atoms with Gasteiger partial charge in [-0.05, 0) is 106 Å². The number of nitrogens with two attached hydrogens (primary N) is 1. The van der Waals surface area contributed by atoms with Gasteiger partial charge < -0.3 is 70.6 Å². The number of carboxylic acid groups (broad SMARTS) is 2. The smallest absolute Gasteiger partial charge is 0.480 e. The van der Waals surface area contributed by atoms with Crippen molar-refractivity contribution >= 4 is 93.6 Å². The molecule has 0 aliphatic heterocycles. The third-order valence-electron chi connectivity index (χ3n) is 16.0. The standard InChI is InChI=1S/C21H22F3N2O9P.C13H16NO6P.C12H14F3N2O7P.C8H4F3NO4.C8H6F3NO3.C8H4F3NO3.5CH4/c1-34-18(27)16(25-20(29)35-12-13-5-3-2-4-6-13)9-10-36(32,33)19(28)14-7-8-17(26(30)31)15(11-14)21(22,23)24;1-19-12(15)11(7-8-21(17)18)14-13(16)20-9-10-5-3-2-4-6-10;13-12(14,15)7-5-6(1-2-9(7)17(21)22)11(20)25(23,24)4-3-8(16)10(18)19;9-8(10,11)5-3-4(7(13)14)1-2-6(5)12(15)16;2*9-8(10,11)6-3-5(4-13)1-2-7(6)12(14)15;;;;;/h2-8,11,16,19,28H,9-10,12H2,1H3,(H,25,29)(H,32,33);2-6,11H,7-9H2,1H3,(H-,14,16,17,18);1-2,5,8,11,20H,3-4,16H2,(H,18,19)(H,23,24);1-3H,(H,13,14);1-3,13H,4H2;1-4H;5*1H4/p+1/t16-,19?;11-;8-,11?;;;;;;;;/m000......../s1. The lowest BCUT2D eigenvalue weighted by Crippen LogP contribution is -2.42. The van der Waals surface area contributed by atoms with Crippen LogP contribution < -0.4 is 16.4 Å². The molecule has 40 nitrogen and oxygen atoms in total. The van der Waals surface area contributed by atoms with Gasteiger partial charge in [-0.15, -0.1) is 0 Å². The van der Waals surface area contributed by atoms with E-state index in [1.54, 1.807) is 42.5 Å². The number of nitro benzene ring substituents is 5. The molecule has 0 fully saturated rings. The summed E-state index contributed by atoms with van der Waals surface area (Å²) in [4.78, 5) is 154. The zero-order valence-corrected chi connectivity index (χ0v) is 67.1. The van der Waals surface area contributed by atoms with Crippen molar-refractivity contribution in [1.29, 1.82) is 0 Å². The fourth-order valence-corrected chi connectivity index (χ4v) is 13.1. The molecule has 0 aromatic heterocycles. The molecule has 7 aromatic carbocycles. The number of alkyl carbamates (subject to hydrolysis) is 2. The van der Waals surface area contributed by atoms with E-state index in [2.05, 4.69) is 20.1 Å². The third kappa shape index (κ3) is 41.9. The molecule has 7 rings (SSSR count). The second-order valence-electron chi connectivity index (χ2n) is 24.9. The number of hydrogen-bond acceptors (Lipinski definition) is 28. The number of aliphatic carboxylic acids is 1. The number of carbonyl (C=O) groups is 7. The van der Waals surface area contributed by atoms with Gasteiger partial charge >= 0.3 is 75.0 Å². The molecule has 7 aromatic rings. The summed E-state index contributed by atoms with van der Waals surface area (Å²) in [6, 6.07) is 22.3. The maximum absolute atomic E-state index is 13.2. The summed E-state index contributed by atoms with van der Waals surface area (Å²) in [6.07, 6.45) is -29.3. The highest BCUT2D eigenvalue weighted by atomic mass is 31.2. The van der Waals surface area contributed by atoms with E-state index in [4.69, 9.17) is 35.4 Å². The second kappa shape index (κ2) is 55.9. The summed E-state index contributed by atoms with van der Waals surface area (Å²) < 4.78 is 244. The van der Waals surface area contributed by atoms with Crippen molar-refractivity contribution in [2.45, 2.75) is 137 Å². The fraction of sp³-hybridized carbons (Fsp3) is 0.347. The molecule has 0 radical (unpaired) electrons. The first-order valence-electron chi connectivity index (χ1n) is 34.3. The van der Waals surface area contributed by atoms with Crippen molar-refractivity contribution in [2.24, 2.45) is 5.73 Å². The zero-order valence-electron chi connectivity index (χ0n) is 64.5. The number of benzene rings is 7. The number of nitrogens with one attached hydrogen (secondary N) is 2. The first-order valence-corrected chi connectivity index (χ1v) is 39.5. The number of halogens is 15. The van der Waals surface area contributed by atoms with E-state index in [-0.39, 0.29) is 98.5 Å². The number of hydrogen-bond donors (Lipinski definition) is 11. The number of carboxylic acids is 2. The van der Waals surface area contributed by atoms with Gasteiger partial charge in [0.1, 0.15) is 65.4 Å². The molecule has 0 heterocycles. The van der Waals surface area contributed by atoms with Crippen LogP contribution in [0.3, 0.4) is 0 Å². The van der Waals surface area contributed by atoms with Crippen molar-refractivity contribution in [3.63, 3.8) is 0 Å². The van der Waals surface area contributed by atoms with E-state index < -0.39 is 249 Å². The van der Waals surface area contributed by atoms with E-state index in [0.29, 0.717) is 42.0 Å². The summed E-state index contributed by atoms with van der Waals surface area (Å²) >= 11 is 0. The molecule has 58 heteroatoms. The van der Waals surface area contributed by atoms with Gasteiger partial charge in [0.05, 0.1) is 51.0 Å². The number of ether oxygens (including phenoxy) is 4. The normalized spacial score (nSPS) is 12.9. The van der Waals surface area contributed by atoms with Crippen molar-refractivity contribution in [3.05, 3.63) is 269 Å². The number of nitrogens with zero attached hydrogens (tertiary/aromatic N) is 5. The number of methoxy groups -OCH3 is 2. The number of rotatable bonds is 30. The van der Waals surface area contributed by atoms with Crippen LogP contribution >= 0.6 is 22.8 Å². The second-order valence-corrected chi connectivity index (χ2v) is 31.0. The molecule has 0 bridgehead atoms. The minimum absolute atomic E-state index is 0. The van der Waals surface area contributed by atoms with Crippen molar-refractivity contribution in [1.82, 2.24) is 10.6 Å². The lowest BCUT2D eigenvalue weighted by Gasteiger charge is -2.22. The van der Waals surface area contributed by atoms with Gasteiger partial charge in [0.2, 0.25) is 14.7 Å². The zero-order chi connectivity index (χ0) is 98.1. The number of carbonyl (C=O) groups excluding carboxylic acids is 5. The molecule has 0 spiro atoms. The van der Waals surface area contributed by atoms with Crippen molar-refractivity contribution < 1.29 is 197 Å². The Morgan fingerprint density at radius 2 is 0.774 bits per heavy atom. The molecule has 12 N–H and O–H groups in total. The lowest BCUT2D eigenvalue weighted by molar-refractivity contribution is -0.388. The largest absolute Gasteiger partial charge is 0.505 e. The van der Waals surface area contributed by atoms with Crippen LogP contribution in [0.5, 0.6) is 0 Å². The SMILES string of the molecule is C.C.C.C.C.COC(=O)[C@H](CCP(=O)(O)C(O)c1ccc([N+](=O)[O-])c(C(F)(F)F)c1)NC(=O)OCc1ccccc1.COC(=O)[C@H](CC[P+](=O)O)NC(=O)OCc1ccccc1.N[C@@H](CCP(=O)(O)C(O)c1ccc([N+](=O)[O-])c(C(F)(F)F)c1)C(=O)O.O=C(O)c1ccc([N+](=O)[O-])c(C(F)(F)F)c1.O=Cc1ccc([N+](=O)[O-])c(C(F)(F)F)c1.O=[N+]([O-])c1ccc(CO)cc1C(F)(F)F. The molecular formula is C75H87F15N8O32P3+. The minimum atomic E-state index is -5.17. The van der Waals surface area contributed by atoms with Gasteiger partial charge in [-0.3, -0.25) is 69.3 Å². The van der Waals surface area contributed by atoms with Gasteiger partial charge in [-0.25, -0.2) is 24.0 Å². The fourth-order valence-electron chi connectivity index (χ4n) is 9.65. The molecule has 2 amide bonds. The van der Waals surface area contributed by atoms with Gasteiger partial charge in [0.25, 0.3) is 28.4 Å². The van der Waals surface area contributed by atoms with Crippen LogP contribution in [0.25, 0.3) is 0 Å². The highest BCUT2D eigenvalue weighted by Gasteiger charge is 2.45. The van der Waals surface area contributed by atoms with Crippen LogP contribution in [0.2, 0.25) is 0 Å². The molecule has 0 aliphatic rings.